The Bertz CT molecular complexity index is 351. The molecule has 0 amide bonds. The van der Waals surface area contributed by atoms with E-state index >= 15 is 0 Å². The zero-order valence-corrected chi connectivity index (χ0v) is 10.2. The van der Waals surface area contributed by atoms with Crippen LogP contribution in [0.25, 0.3) is 0 Å². The van der Waals surface area contributed by atoms with Gasteiger partial charge in [-0.2, -0.15) is 0 Å². The molecular weight excluding hydrogens is 216 g/mol. The van der Waals surface area contributed by atoms with Crippen molar-refractivity contribution in [3.8, 4) is 0 Å². The van der Waals surface area contributed by atoms with Gasteiger partial charge in [-0.1, -0.05) is 17.9 Å². The van der Waals surface area contributed by atoms with Crippen molar-refractivity contribution < 1.29 is 4.42 Å². The fourth-order valence-corrected chi connectivity index (χ4v) is 2.65. The lowest BCUT2D eigenvalue weighted by Gasteiger charge is -2.16. The van der Waals surface area contributed by atoms with Gasteiger partial charge in [-0.3, -0.25) is 0 Å². The molecule has 1 unspecified atom stereocenters. The van der Waals surface area contributed by atoms with E-state index in [9.17, 15) is 0 Å². The Hall–Kier alpha value is -1.10. The first-order valence-corrected chi connectivity index (χ1v) is 6.75. The number of hydrogen-bond acceptors (Lipinski definition) is 5. The van der Waals surface area contributed by atoms with E-state index in [0.29, 0.717) is 0 Å². The van der Waals surface area contributed by atoms with Crippen LogP contribution in [0, 0.1) is 0 Å². The largest absolute Gasteiger partial charge is 0.406 e. The minimum Gasteiger partial charge on any atom is -0.406 e. The van der Waals surface area contributed by atoms with Crippen LogP contribution in [0.2, 0.25) is 0 Å². The summed E-state index contributed by atoms with van der Waals surface area (Å²) in [5, 5.41) is 11.8. The molecule has 1 aromatic heterocycles. The molecule has 94 valence electrons. The van der Waals surface area contributed by atoms with Crippen LogP contribution >= 0.6 is 0 Å². The highest BCUT2D eigenvalue weighted by Gasteiger charge is 2.23. The summed E-state index contributed by atoms with van der Waals surface area (Å²) in [6.07, 6.45) is 7.43. The monoisotopic (exact) mass is 236 g/mol. The molecule has 2 saturated heterocycles. The highest BCUT2D eigenvalue weighted by Crippen LogP contribution is 2.25. The van der Waals surface area contributed by atoms with Gasteiger partial charge in [0.05, 0.1) is 6.04 Å². The van der Waals surface area contributed by atoms with Crippen LogP contribution in [0.15, 0.2) is 4.42 Å². The maximum Gasteiger partial charge on any atom is 0.318 e. The third-order valence-corrected chi connectivity index (χ3v) is 3.66. The summed E-state index contributed by atoms with van der Waals surface area (Å²) in [4.78, 5) is 2.23. The van der Waals surface area contributed by atoms with E-state index in [0.717, 1.165) is 38.0 Å². The van der Waals surface area contributed by atoms with Gasteiger partial charge in [0, 0.05) is 13.1 Å². The fraction of sp³-hybridized carbons (Fsp3) is 0.833. The standard InChI is InChI=1S/C12H20N4O/c1-2-4-9-16(8-3-1)12-15-14-11(17-12)10-6-5-7-13-10/h10,13H,1-9H2. The van der Waals surface area contributed by atoms with Gasteiger partial charge in [-0.05, 0) is 32.2 Å². The number of nitrogens with zero attached hydrogens (tertiary/aromatic N) is 3. The van der Waals surface area contributed by atoms with Gasteiger partial charge >= 0.3 is 6.01 Å². The van der Waals surface area contributed by atoms with Crippen molar-refractivity contribution in [1.29, 1.82) is 0 Å². The molecule has 3 rings (SSSR count). The van der Waals surface area contributed by atoms with Crippen LogP contribution in [0.3, 0.4) is 0 Å². The van der Waals surface area contributed by atoms with Gasteiger partial charge in [0.25, 0.3) is 0 Å². The van der Waals surface area contributed by atoms with Crippen molar-refractivity contribution in [2.45, 2.75) is 44.6 Å². The van der Waals surface area contributed by atoms with E-state index in [1.165, 1.54) is 32.1 Å². The van der Waals surface area contributed by atoms with Crippen LogP contribution in [0.1, 0.15) is 50.5 Å². The zero-order chi connectivity index (χ0) is 11.5. The van der Waals surface area contributed by atoms with Crippen LogP contribution in [0.5, 0.6) is 0 Å². The van der Waals surface area contributed by atoms with E-state index in [1.807, 2.05) is 0 Å². The SMILES string of the molecule is C1CCCN(c2nnc(C3CCCN3)o2)CC1. The molecule has 0 saturated carbocycles. The van der Waals surface area contributed by atoms with Gasteiger partial charge in [-0.25, -0.2) is 0 Å². The molecule has 5 heteroatoms. The molecule has 0 aliphatic carbocycles. The normalized spacial score (nSPS) is 26.1. The van der Waals surface area contributed by atoms with Gasteiger partial charge in [0.15, 0.2) is 0 Å². The summed E-state index contributed by atoms with van der Waals surface area (Å²) in [5.41, 5.74) is 0. The molecule has 1 atom stereocenters. The predicted octanol–water partition coefficient (Wildman–Crippen LogP) is 1.87. The number of rotatable bonds is 2. The molecule has 0 spiro atoms. The molecule has 0 radical (unpaired) electrons. The predicted molar refractivity (Wildman–Crippen MR) is 65.0 cm³/mol. The van der Waals surface area contributed by atoms with Crippen molar-refractivity contribution >= 4 is 6.01 Å². The summed E-state index contributed by atoms with van der Waals surface area (Å²) >= 11 is 0. The minimum absolute atomic E-state index is 0.281. The van der Waals surface area contributed by atoms with Crippen molar-refractivity contribution in [3.63, 3.8) is 0 Å². The van der Waals surface area contributed by atoms with Crippen LogP contribution in [-0.2, 0) is 0 Å². The molecule has 2 aliphatic heterocycles. The lowest BCUT2D eigenvalue weighted by Crippen LogP contribution is -2.24. The molecule has 1 aromatic rings. The first-order valence-electron chi connectivity index (χ1n) is 6.75. The quantitative estimate of drug-likeness (QED) is 0.849. The molecule has 0 aromatic carbocycles. The van der Waals surface area contributed by atoms with Crippen molar-refractivity contribution in [1.82, 2.24) is 15.5 Å². The number of hydrogen-bond donors (Lipinski definition) is 1. The first kappa shape index (κ1) is 11.0. The maximum atomic E-state index is 5.80. The highest BCUT2D eigenvalue weighted by molar-refractivity contribution is 5.24. The lowest BCUT2D eigenvalue weighted by molar-refractivity contribution is 0.426. The molecule has 17 heavy (non-hydrogen) atoms. The summed E-state index contributed by atoms with van der Waals surface area (Å²) < 4.78 is 5.80. The van der Waals surface area contributed by atoms with Crippen LogP contribution in [0.4, 0.5) is 6.01 Å². The van der Waals surface area contributed by atoms with E-state index in [4.69, 9.17) is 4.42 Å². The fourth-order valence-electron chi connectivity index (χ4n) is 2.65. The van der Waals surface area contributed by atoms with Gasteiger partial charge in [-0.15, -0.1) is 5.10 Å². The van der Waals surface area contributed by atoms with E-state index in [1.54, 1.807) is 0 Å². The Kier molecular flexibility index (Phi) is 3.27. The molecule has 1 N–H and O–H groups in total. The minimum atomic E-state index is 0.281. The zero-order valence-electron chi connectivity index (χ0n) is 10.2. The van der Waals surface area contributed by atoms with E-state index < -0.39 is 0 Å². The molecular formula is C12H20N4O. The highest BCUT2D eigenvalue weighted by atomic mass is 16.4. The Labute approximate surface area is 102 Å². The number of aromatic nitrogens is 2. The van der Waals surface area contributed by atoms with E-state index in [-0.39, 0.29) is 6.04 Å². The van der Waals surface area contributed by atoms with Crippen LogP contribution < -0.4 is 10.2 Å². The number of nitrogens with one attached hydrogen (secondary N) is 1. The molecule has 2 aliphatic rings. The van der Waals surface area contributed by atoms with Crippen molar-refractivity contribution in [2.75, 3.05) is 24.5 Å². The maximum absolute atomic E-state index is 5.80. The summed E-state index contributed by atoms with van der Waals surface area (Å²) in [6, 6.07) is 0.999. The van der Waals surface area contributed by atoms with Crippen LogP contribution in [-0.4, -0.2) is 29.8 Å². The van der Waals surface area contributed by atoms with Crippen molar-refractivity contribution in [3.05, 3.63) is 5.89 Å². The summed E-state index contributed by atoms with van der Waals surface area (Å²) in [7, 11) is 0. The van der Waals surface area contributed by atoms with E-state index in [2.05, 4.69) is 20.4 Å². The molecule has 5 nitrogen and oxygen atoms in total. The second-order valence-corrected chi connectivity index (χ2v) is 4.97. The lowest BCUT2D eigenvalue weighted by atomic mass is 10.2. The smallest absolute Gasteiger partial charge is 0.318 e. The molecule has 3 heterocycles. The Balaban J connectivity index is 1.70. The van der Waals surface area contributed by atoms with Gasteiger partial charge in [0.2, 0.25) is 5.89 Å². The van der Waals surface area contributed by atoms with Crippen molar-refractivity contribution in [2.24, 2.45) is 0 Å². The average Bonchev–Trinajstić information content (AvgIpc) is 2.95. The third kappa shape index (κ3) is 2.44. The van der Waals surface area contributed by atoms with Gasteiger partial charge in [0.1, 0.15) is 0 Å². The first-order chi connectivity index (χ1) is 8.43. The molecule has 0 bridgehead atoms. The second-order valence-electron chi connectivity index (χ2n) is 4.97. The summed E-state index contributed by atoms with van der Waals surface area (Å²) in [5.74, 6) is 0.766. The Morgan fingerprint density at radius 3 is 2.59 bits per heavy atom. The third-order valence-electron chi connectivity index (χ3n) is 3.66. The average molecular weight is 236 g/mol. The Morgan fingerprint density at radius 1 is 1.06 bits per heavy atom. The summed E-state index contributed by atoms with van der Waals surface area (Å²) in [6.45, 7) is 3.17. The van der Waals surface area contributed by atoms with Gasteiger partial charge < -0.3 is 14.6 Å². The number of anilines is 1. The topological polar surface area (TPSA) is 54.2 Å². The second kappa shape index (κ2) is 5.04. The molecule has 2 fully saturated rings. The Morgan fingerprint density at radius 2 is 1.88 bits per heavy atom.